The van der Waals surface area contributed by atoms with Crippen LogP contribution in [0.15, 0.2) is 53.9 Å². The van der Waals surface area contributed by atoms with Crippen molar-refractivity contribution in [3.05, 3.63) is 65.5 Å². The second-order valence-corrected chi connectivity index (χ2v) is 6.44. The molecule has 1 heterocycles. The summed E-state index contributed by atoms with van der Waals surface area (Å²) in [6.45, 7) is 6.10. The van der Waals surface area contributed by atoms with Crippen LogP contribution in [0.2, 0.25) is 0 Å². The van der Waals surface area contributed by atoms with Crippen molar-refractivity contribution in [3.63, 3.8) is 0 Å². The summed E-state index contributed by atoms with van der Waals surface area (Å²) in [6, 6.07) is 14.0. The van der Waals surface area contributed by atoms with Gasteiger partial charge in [0.2, 0.25) is 0 Å². The number of aromatic nitrogens is 4. The van der Waals surface area contributed by atoms with Crippen molar-refractivity contribution in [3.8, 4) is 5.69 Å². The molecule has 3 aromatic rings. The van der Waals surface area contributed by atoms with E-state index in [1.807, 2.05) is 31.2 Å². The predicted molar refractivity (Wildman–Crippen MR) is 111 cm³/mol. The first-order valence-electron chi connectivity index (χ1n) is 8.62. The molecule has 0 fully saturated rings. The highest BCUT2D eigenvalue weighted by atomic mass is 32.1. The molecule has 8 heteroatoms. The maximum absolute atomic E-state index is 5.40. The van der Waals surface area contributed by atoms with Crippen LogP contribution in [-0.2, 0) is 6.42 Å². The normalized spacial score (nSPS) is 11.3. The van der Waals surface area contributed by atoms with E-state index in [0.717, 1.165) is 34.6 Å². The zero-order valence-corrected chi connectivity index (χ0v) is 16.3. The molecule has 3 rings (SSSR count). The molecule has 0 unspecified atom stereocenters. The Labute approximate surface area is 163 Å². The zero-order chi connectivity index (χ0) is 19.2. The fourth-order valence-corrected chi connectivity index (χ4v) is 2.84. The van der Waals surface area contributed by atoms with Crippen LogP contribution in [-0.4, -0.2) is 31.0 Å². The molecule has 0 aliphatic rings. The average Bonchev–Trinajstić information content (AvgIpc) is 3.22. The summed E-state index contributed by atoms with van der Waals surface area (Å²) in [5.74, 6) is 0. The third kappa shape index (κ3) is 4.53. The van der Waals surface area contributed by atoms with E-state index in [9.17, 15) is 0 Å². The SMILES string of the molecule is CCc1cccc(C)c1NC(=S)N/N=C(/C)c1cccc(-n2cnnn2)c1. The van der Waals surface area contributed by atoms with Crippen LogP contribution in [0.4, 0.5) is 5.69 Å². The highest BCUT2D eigenvalue weighted by Gasteiger charge is 2.06. The van der Waals surface area contributed by atoms with E-state index in [1.54, 1.807) is 11.0 Å². The molecular weight excluding hydrogens is 358 g/mol. The molecule has 1 aromatic heterocycles. The maximum Gasteiger partial charge on any atom is 0.191 e. The number of benzene rings is 2. The summed E-state index contributed by atoms with van der Waals surface area (Å²) in [5.41, 5.74) is 8.93. The van der Waals surface area contributed by atoms with Crippen LogP contribution in [0, 0.1) is 6.92 Å². The van der Waals surface area contributed by atoms with Gasteiger partial charge in [-0.05, 0) is 71.7 Å². The first-order chi connectivity index (χ1) is 13.1. The van der Waals surface area contributed by atoms with Gasteiger partial charge >= 0.3 is 0 Å². The van der Waals surface area contributed by atoms with Gasteiger partial charge in [0.05, 0.1) is 11.4 Å². The Morgan fingerprint density at radius 2 is 2.04 bits per heavy atom. The van der Waals surface area contributed by atoms with Crippen molar-refractivity contribution in [1.82, 2.24) is 25.6 Å². The number of thiocarbonyl (C=S) groups is 1. The largest absolute Gasteiger partial charge is 0.331 e. The number of aryl methyl sites for hydroxylation is 2. The molecule has 2 N–H and O–H groups in total. The molecule has 0 aliphatic heterocycles. The lowest BCUT2D eigenvalue weighted by molar-refractivity contribution is 0.789. The minimum atomic E-state index is 0.454. The van der Waals surface area contributed by atoms with Crippen molar-refractivity contribution >= 4 is 28.7 Å². The minimum absolute atomic E-state index is 0.454. The third-order valence-electron chi connectivity index (χ3n) is 4.18. The molecule has 0 saturated heterocycles. The van der Waals surface area contributed by atoms with Crippen LogP contribution >= 0.6 is 12.2 Å². The predicted octanol–water partition coefficient (Wildman–Crippen LogP) is 3.24. The van der Waals surface area contributed by atoms with Crippen LogP contribution in [0.5, 0.6) is 0 Å². The smallest absolute Gasteiger partial charge is 0.191 e. The van der Waals surface area contributed by atoms with Crippen LogP contribution in [0.1, 0.15) is 30.5 Å². The third-order valence-corrected chi connectivity index (χ3v) is 4.37. The summed E-state index contributed by atoms with van der Waals surface area (Å²) >= 11 is 5.40. The highest BCUT2D eigenvalue weighted by molar-refractivity contribution is 7.80. The van der Waals surface area contributed by atoms with Crippen LogP contribution in [0.3, 0.4) is 0 Å². The zero-order valence-electron chi connectivity index (χ0n) is 15.5. The quantitative estimate of drug-likeness (QED) is 0.402. The highest BCUT2D eigenvalue weighted by Crippen LogP contribution is 2.20. The second-order valence-electron chi connectivity index (χ2n) is 6.03. The summed E-state index contributed by atoms with van der Waals surface area (Å²) < 4.78 is 1.60. The fraction of sp³-hybridized carbons (Fsp3) is 0.211. The molecule has 138 valence electrons. The summed E-state index contributed by atoms with van der Waals surface area (Å²) in [7, 11) is 0. The Kier molecular flexibility index (Phi) is 5.87. The Balaban J connectivity index is 1.71. The molecule has 0 spiro atoms. The maximum atomic E-state index is 5.40. The van der Waals surface area contributed by atoms with E-state index in [4.69, 9.17) is 12.2 Å². The Morgan fingerprint density at radius 1 is 1.22 bits per heavy atom. The lowest BCUT2D eigenvalue weighted by Crippen LogP contribution is -2.26. The standard InChI is InChI=1S/C19H21N7S/c1-4-15-8-5-7-13(2)18(15)21-19(27)23-22-14(3)16-9-6-10-17(11-16)26-12-20-24-25-26/h5-12H,4H2,1-3H3,(H2,21,23,27)/b22-14-. The summed E-state index contributed by atoms with van der Waals surface area (Å²) in [6.07, 6.45) is 2.48. The summed E-state index contributed by atoms with van der Waals surface area (Å²) in [5, 5.41) is 19.3. The molecule has 27 heavy (non-hydrogen) atoms. The van der Waals surface area contributed by atoms with Crippen molar-refractivity contribution in [2.45, 2.75) is 27.2 Å². The number of para-hydroxylation sites is 1. The van der Waals surface area contributed by atoms with Gasteiger partial charge in [0, 0.05) is 5.69 Å². The van der Waals surface area contributed by atoms with E-state index < -0.39 is 0 Å². The molecule has 0 saturated carbocycles. The number of hydrogen-bond donors (Lipinski definition) is 2. The number of nitrogens with one attached hydrogen (secondary N) is 2. The van der Waals surface area contributed by atoms with Gasteiger partial charge in [0.25, 0.3) is 0 Å². The number of nitrogens with zero attached hydrogens (tertiary/aromatic N) is 5. The Morgan fingerprint density at radius 3 is 2.78 bits per heavy atom. The first-order valence-corrected chi connectivity index (χ1v) is 9.03. The van der Waals surface area contributed by atoms with Gasteiger partial charge in [-0.15, -0.1) is 5.10 Å². The van der Waals surface area contributed by atoms with Gasteiger partial charge in [0.1, 0.15) is 6.33 Å². The lowest BCUT2D eigenvalue weighted by atomic mass is 10.1. The van der Waals surface area contributed by atoms with Gasteiger partial charge in [0.15, 0.2) is 5.11 Å². The van der Waals surface area contributed by atoms with Crippen molar-refractivity contribution in [2.24, 2.45) is 5.10 Å². The number of rotatable bonds is 5. The Hall–Kier alpha value is -3.13. The molecular formula is C19H21N7S. The van der Waals surface area contributed by atoms with Gasteiger partial charge in [-0.2, -0.15) is 5.10 Å². The molecule has 0 aliphatic carbocycles. The van der Waals surface area contributed by atoms with E-state index >= 15 is 0 Å². The molecule has 0 atom stereocenters. The molecule has 0 bridgehead atoms. The van der Waals surface area contributed by atoms with Crippen LogP contribution in [0.25, 0.3) is 5.69 Å². The fourth-order valence-electron chi connectivity index (χ4n) is 2.70. The van der Waals surface area contributed by atoms with Crippen molar-refractivity contribution in [1.29, 1.82) is 0 Å². The molecule has 7 nitrogen and oxygen atoms in total. The summed E-state index contributed by atoms with van der Waals surface area (Å²) in [4.78, 5) is 0. The Bertz CT molecular complexity index is 964. The lowest BCUT2D eigenvalue weighted by Gasteiger charge is -2.14. The van der Waals surface area contributed by atoms with E-state index in [2.05, 4.69) is 63.4 Å². The number of hydrogen-bond acceptors (Lipinski definition) is 5. The van der Waals surface area contributed by atoms with Gasteiger partial charge < -0.3 is 5.32 Å². The van der Waals surface area contributed by atoms with E-state index in [0.29, 0.717) is 5.11 Å². The van der Waals surface area contributed by atoms with Gasteiger partial charge in [-0.25, -0.2) is 4.68 Å². The van der Waals surface area contributed by atoms with Crippen molar-refractivity contribution in [2.75, 3.05) is 5.32 Å². The van der Waals surface area contributed by atoms with E-state index in [1.165, 1.54) is 5.56 Å². The van der Waals surface area contributed by atoms with Crippen LogP contribution < -0.4 is 10.7 Å². The average molecular weight is 379 g/mol. The second kappa shape index (κ2) is 8.50. The van der Waals surface area contributed by atoms with Gasteiger partial charge in [-0.1, -0.05) is 37.3 Å². The molecule has 2 aromatic carbocycles. The first kappa shape index (κ1) is 18.7. The number of anilines is 1. The van der Waals surface area contributed by atoms with E-state index in [-0.39, 0.29) is 0 Å². The minimum Gasteiger partial charge on any atom is -0.331 e. The number of tetrazole rings is 1. The topological polar surface area (TPSA) is 80.0 Å². The van der Waals surface area contributed by atoms with Gasteiger partial charge in [-0.3, -0.25) is 5.43 Å². The molecule has 0 amide bonds. The monoisotopic (exact) mass is 379 g/mol. The van der Waals surface area contributed by atoms with Crippen molar-refractivity contribution < 1.29 is 0 Å². The molecule has 0 radical (unpaired) electrons. The number of hydrazone groups is 1.